The molecule has 0 saturated carbocycles. The Labute approximate surface area is 158 Å². The van der Waals surface area contributed by atoms with E-state index in [2.05, 4.69) is 11.4 Å². The summed E-state index contributed by atoms with van der Waals surface area (Å²) in [6, 6.07) is 16.3. The second kappa shape index (κ2) is 7.50. The van der Waals surface area contributed by atoms with E-state index in [0.717, 1.165) is 11.3 Å². The highest BCUT2D eigenvalue weighted by molar-refractivity contribution is 6.06. The molecule has 1 unspecified atom stereocenters. The predicted molar refractivity (Wildman–Crippen MR) is 100.0 cm³/mol. The third-order valence-electron chi connectivity index (χ3n) is 4.88. The number of nitriles is 1. The molecular formula is C21H21N3O3. The van der Waals surface area contributed by atoms with Crippen molar-refractivity contribution in [2.24, 2.45) is 0 Å². The Morgan fingerprint density at radius 3 is 2.52 bits per heavy atom. The molecule has 3 rings (SSSR count). The van der Waals surface area contributed by atoms with Crippen LogP contribution >= 0.6 is 0 Å². The Kier molecular flexibility index (Phi) is 5.13. The Morgan fingerprint density at radius 2 is 1.85 bits per heavy atom. The zero-order valence-corrected chi connectivity index (χ0v) is 15.4. The van der Waals surface area contributed by atoms with E-state index < -0.39 is 11.6 Å². The molecule has 1 N–H and O–H groups in total. The minimum absolute atomic E-state index is 0.0898. The number of carbonyl (C=O) groups excluding carboxylic acids is 2. The monoisotopic (exact) mass is 363 g/mol. The molecule has 0 aromatic heterocycles. The van der Waals surface area contributed by atoms with Crippen molar-refractivity contribution in [3.63, 3.8) is 0 Å². The highest BCUT2D eigenvalue weighted by Crippen LogP contribution is 2.26. The molecule has 0 bridgehead atoms. The van der Waals surface area contributed by atoms with Crippen LogP contribution in [-0.4, -0.2) is 29.5 Å². The summed E-state index contributed by atoms with van der Waals surface area (Å²) in [6.07, 6.45) is 1.13. The van der Waals surface area contributed by atoms with Crippen molar-refractivity contribution in [2.75, 3.05) is 7.11 Å². The second-order valence-corrected chi connectivity index (χ2v) is 6.77. The van der Waals surface area contributed by atoms with Crippen LogP contribution in [-0.2, 0) is 17.8 Å². The molecule has 1 atom stereocenters. The number of ether oxygens (including phenoxy) is 1. The summed E-state index contributed by atoms with van der Waals surface area (Å²) >= 11 is 0. The lowest BCUT2D eigenvalue weighted by molar-refractivity contribution is -0.131. The molecule has 1 saturated heterocycles. The first-order valence-corrected chi connectivity index (χ1v) is 8.72. The smallest absolute Gasteiger partial charge is 0.325 e. The number of nitrogens with zero attached hydrogens (tertiary/aromatic N) is 2. The van der Waals surface area contributed by atoms with Gasteiger partial charge in [0, 0.05) is 0 Å². The number of hydrogen-bond donors (Lipinski definition) is 1. The van der Waals surface area contributed by atoms with Gasteiger partial charge in [0.05, 0.1) is 25.3 Å². The van der Waals surface area contributed by atoms with Crippen molar-refractivity contribution in [3.05, 3.63) is 65.2 Å². The first-order chi connectivity index (χ1) is 13.0. The van der Waals surface area contributed by atoms with Crippen molar-refractivity contribution < 1.29 is 14.3 Å². The van der Waals surface area contributed by atoms with Crippen molar-refractivity contribution in [1.29, 1.82) is 5.26 Å². The molecular weight excluding hydrogens is 342 g/mol. The van der Waals surface area contributed by atoms with Crippen LogP contribution in [0.15, 0.2) is 48.5 Å². The van der Waals surface area contributed by atoms with Gasteiger partial charge in [0.25, 0.3) is 5.91 Å². The van der Waals surface area contributed by atoms with Crippen molar-refractivity contribution in [2.45, 2.75) is 31.8 Å². The highest BCUT2D eigenvalue weighted by atomic mass is 16.5. The van der Waals surface area contributed by atoms with E-state index in [0.29, 0.717) is 24.0 Å². The molecule has 3 amide bonds. The minimum Gasteiger partial charge on any atom is -0.497 e. The molecule has 138 valence electrons. The van der Waals surface area contributed by atoms with Gasteiger partial charge >= 0.3 is 6.03 Å². The van der Waals surface area contributed by atoms with Crippen LogP contribution in [0.3, 0.4) is 0 Å². The van der Waals surface area contributed by atoms with E-state index in [9.17, 15) is 14.9 Å². The largest absolute Gasteiger partial charge is 0.497 e. The SMILES string of the molecule is COc1ccc(CCC2(C)NC(=O)N(Cc3ccccc3C#N)C2=O)cc1. The van der Waals surface area contributed by atoms with E-state index in [1.54, 1.807) is 38.3 Å². The van der Waals surface area contributed by atoms with Gasteiger partial charge in [-0.3, -0.25) is 9.69 Å². The maximum Gasteiger partial charge on any atom is 0.325 e. The van der Waals surface area contributed by atoms with Crippen LogP contribution in [0.1, 0.15) is 30.0 Å². The number of hydrogen-bond acceptors (Lipinski definition) is 4. The number of carbonyl (C=O) groups is 2. The van der Waals surface area contributed by atoms with Gasteiger partial charge < -0.3 is 10.1 Å². The lowest BCUT2D eigenvalue weighted by Crippen LogP contribution is -2.44. The van der Waals surface area contributed by atoms with Crippen LogP contribution in [0.2, 0.25) is 0 Å². The third kappa shape index (κ3) is 3.77. The Balaban J connectivity index is 1.71. The fraction of sp³-hybridized carbons (Fsp3) is 0.286. The fourth-order valence-corrected chi connectivity index (χ4v) is 3.18. The lowest BCUT2D eigenvalue weighted by atomic mass is 9.93. The van der Waals surface area contributed by atoms with Crippen LogP contribution in [0.5, 0.6) is 5.75 Å². The summed E-state index contributed by atoms with van der Waals surface area (Å²) in [5, 5.41) is 12.0. The normalized spacial score (nSPS) is 18.9. The zero-order valence-electron chi connectivity index (χ0n) is 15.4. The summed E-state index contributed by atoms with van der Waals surface area (Å²) < 4.78 is 5.15. The zero-order chi connectivity index (χ0) is 19.4. The summed E-state index contributed by atoms with van der Waals surface area (Å²) in [4.78, 5) is 26.5. The summed E-state index contributed by atoms with van der Waals surface area (Å²) in [6.45, 7) is 1.83. The van der Waals surface area contributed by atoms with E-state index >= 15 is 0 Å². The molecule has 6 heteroatoms. The third-order valence-corrected chi connectivity index (χ3v) is 4.88. The molecule has 1 aliphatic heterocycles. The van der Waals surface area contributed by atoms with Crippen LogP contribution in [0, 0.1) is 11.3 Å². The molecule has 0 spiro atoms. The van der Waals surface area contributed by atoms with Gasteiger partial charge in [-0.05, 0) is 49.1 Å². The maximum atomic E-state index is 12.9. The lowest BCUT2D eigenvalue weighted by Gasteiger charge is -2.22. The van der Waals surface area contributed by atoms with Crippen LogP contribution in [0.4, 0.5) is 4.79 Å². The Bertz CT molecular complexity index is 902. The second-order valence-electron chi connectivity index (χ2n) is 6.77. The number of benzene rings is 2. The molecule has 0 aliphatic carbocycles. The quantitative estimate of drug-likeness (QED) is 0.800. The van der Waals surface area contributed by atoms with E-state index in [1.165, 1.54) is 4.90 Å². The number of urea groups is 1. The number of aryl methyl sites for hydroxylation is 1. The molecule has 2 aromatic rings. The number of nitrogens with one attached hydrogen (secondary N) is 1. The molecule has 2 aromatic carbocycles. The van der Waals surface area contributed by atoms with Gasteiger partial charge in [-0.15, -0.1) is 0 Å². The predicted octanol–water partition coefficient (Wildman–Crippen LogP) is 3.01. The Morgan fingerprint density at radius 1 is 1.15 bits per heavy atom. The fourth-order valence-electron chi connectivity index (χ4n) is 3.18. The van der Waals surface area contributed by atoms with Gasteiger partial charge in [0.2, 0.25) is 0 Å². The van der Waals surface area contributed by atoms with E-state index in [-0.39, 0.29) is 12.5 Å². The number of imide groups is 1. The minimum atomic E-state index is -0.960. The molecule has 1 aliphatic rings. The van der Waals surface area contributed by atoms with Crippen molar-refractivity contribution in [3.8, 4) is 11.8 Å². The number of rotatable bonds is 6. The number of amides is 3. The van der Waals surface area contributed by atoms with E-state index in [4.69, 9.17) is 4.74 Å². The van der Waals surface area contributed by atoms with Gasteiger partial charge in [0.1, 0.15) is 11.3 Å². The molecule has 6 nitrogen and oxygen atoms in total. The summed E-state index contributed by atoms with van der Waals surface area (Å²) in [7, 11) is 1.61. The van der Waals surface area contributed by atoms with Crippen LogP contribution in [0.25, 0.3) is 0 Å². The summed E-state index contributed by atoms with van der Waals surface area (Å²) in [5.41, 5.74) is 1.22. The topological polar surface area (TPSA) is 82.4 Å². The average Bonchev–Trinajstić information content (AvgIpc) is 2.90. The molecule has 1 fully saturated rings. The maximum absolute atomic E-state index is 12.9. The molecule has 0 radical (unpaired) electrons. The van der Waals surface area contributed by atoms with Gasteiger partial charge in [-0.1, -0.05) is 30.3 Å². The standard InChI is InChI=1S/C21H21N3O3/c1-21(12-11-15-7-9-18(27-2)10-8-15)19(25)24(20(26)23-21)14-17-6-4-3-5-16(17)13-22/h3-10H,11-12,14H2,1-2H3,(H,23,26). The Hall–Kier alpha value is -3.33. The van der Waals surface area contributed by atoms with Crippen molar-refractivity contribution >= 4 is 11.9 Å². The van der Waals surface area contributed by atoms with E-state index in [1.807, 2.05) is 24.3 Å². The average molecular weight is 363 g/mol. The summed E-state index contributed by atoms with van der Waals surface area (Å²) in [5.74, 6) is 0.506. The van der Waals surface area contributed by atoms with Crippen molar-refractivity contribution in [1.82, 2.24) is 10.2 Å². The van der Waals surface area contributed by atoms with Gasteiger partial charge in [0.15, 0.2) is 0 Å². The number of methoxy groups -OCH3 is 1. The first kappa shape index (κ1) is 18.5. The van der Waals surface area contributed by atoms with Gasteiger partial charge in [-0.25, -0.2) is 4.79 Å². The molecule has 27 heavy (non-hydrogen) atoms. The highest BCUT2D eigenvalue weighted by Gasteiger charge is 2.47. The van der Waals surface area contributed by atoms with Crippen LogP contribution < -0.4 is 10.1 Å². The van der Waals surface area contributed by atoms with Gasteiger partial charge in [-0.2, -0.15) is 5.26 Å². The first-order valence-electron chi connectivity index (χ1n) is 8.72. The molecule has 1 heterocycles.